The third-order valence-corrected chi connectivity index (χ3v) is 7.01. The molecule has 1 aromatic carbocycles. The van der Waals surface area contributed by atoms with Gasteiger partial charge in [0, 0.05) is 26.2 Å². The summed E-state index contributed by atoms with van der Waals surface area (Å²) in [5.74, 6) is 0.273. The van der Waals surface area contributed by atoms with E-state index in [4.69, 9.17) is 16.3 Å². The summed E-state index contributed by atoms with van der Waals surface area (Å²) in [6, 6.07) is 7.23. The summed E-state index contributed by atoms with van der Waals surface area (Å²) in [4.78, 5) is 13.7. The van der Waals surface area contributed by atoms with Crippen LogP contribution >= 0.6 is 22.9 Å². The number of halogens is 1. The van der Waals surface area contributed by atoms with Crippen molar-refractivity contribution >= 4 is 44.9 Å². The highest BCUT2D eigenvalue weighted by molar-refractivity contribution is 7.21. The van der Waals surface area contributed by atoms with Gasteiger partial charge in [-0.25, -0.2) is 9.97 Å². The van der Waals surface area contributed by atoms with Gasteiger partial charge in [-0.3, -0.25) is 0 Å². The number of nitrogens with zero attached hydrogens (tertiary/aromatic N) is 3. The third-order valence-electron chi connectivity index (χ3n) is 5.68. The fourth-order valence-electron chi connectivity index (χ4n) is 3.73. The lowest BCUT2D eigenvalue weighted by Gasteiger charge is -2.21. The first kappa shape index (κ1) is 23.1. The molecule has 0 saturated heterocycles. The van der Waals surface area contributed by atoms with Crippen molar-refractivity contribution in [1.29, 1.82) is 0 Å². The molecule has 0 aliphatic heterocycles. The Labute approximate surface area is 194 Å². The lowest BCUT2D eigenvalue weighted by atomic mass is 10.1. The largest absolute Gasteiger partial charge is 0.396 e. The summed E-state index contributed by atoms with van der Waals surface area (Å²) in [6.45, 7) is 2.17. The molecule has 0 spiro atoms. The SMILES string of the molecule is CO[C@@H](C)CNc1nc(Cl)c(-c2nc3ccccc3s2)c(N[C@@H]2C[C@H](CO)[C@@H](O)[C@H]2O)n1. The van der Waals surface area contributed by atoms with Gasteiger partial charge in [-0.05, 0) is 25.5 Å². The maximum absolute atomic E-state index is 10.5. The van der Waals surface area contributed by atoms with Crippen LogP contribution in [-0.2, 0) is 4.74 Å². The molecule has 0 unspecified atom stereocenters. The fraction of sp³-hybridized carbons (Fsp3) is 0.476. The van der Waals surface area contributed by atoms with Gasteiger partial charge in [-0.2, -0.15) is 4.98 Å². The minimum Gasteiger partial charge on any atom is -0.396 e. The molecular formula is C21H26ClN5O4S. The Kier molecular flexibility index (Phi) is 7.08. The van der Waals surface area contributed by atoms with Crippen molar-refractivity contribution in [3.8, 4) is 10.6 Å². The summed E-state index contributed by atoms with van der Waals surface area (Å²) in [6.07, 6.45) is -1.77. The van der Waals surface area contributed by atoms with Gasteiger partial charge in [-0.1, -0.05) is 23.7 Å². The van der Waals surface area contributed by atoms with E-state index in [1.165, 1.54) is 11.3 Å². The van der Waals surface area contributed by atoms with Gasteiger partial charge in [0.15, 0.2) is 0 Å². The summed E-state index contributed by atoms with van der Waals surface area (Å²) < 4.78 is 6.25. The molecule has 2 heterocycles. The van der Waals surface area contributed by atoms with Crippen molar-refractivity contribution in [2.45, 2.75) is 37.7 Å². The molecule has 1 aliphatic carbocycles. The van der Waals surface area contributed by atoms with Gasteiger partial charge >= 0.3 is 0 Å². The molecule has 0 radical (unpaired) electrons. The number of aliphatic hydroxyl groups excluding tert-OH is 3. The topological polar surface area (TPSA) is 133 Å². The van der Waals surface area contributed by atoms with Crippen LogP contribution in [0.3, 0.4) is 0 Å². The first-order valence-electron chi connectivity index (χ1n) is 10.3. The fourth-order valence-corrected chi connectivity index (χ4v) is 5.06. The molecule has 5 N–H and O–H groups in total. The quantitative estimate of drug-likeness (QED) is 0.309. The molecule has 3 aromatic rings. The molecular weight excluding hydrogens is 454 g/mol. The lowest BCUT2D eigenvalue weighted by molar-refractivity contribution is 0.00446. The number of hydrogen-bond donors (Lipinski definition) is 5. The van der Waals surface area contributed by atoms with Crippen LogP contribution in [0, 0.1) is 5.92 Å². The number of nitrogens with one attached hydrogen (secondary N) is 2. The van der Waals surface area contributed by atoms with Crippen LogP contribution in [-0.4, -0.2) is 74.9 Å². The average molecular weight is 480 g/mol. The second-order valence-corrected chi connectivity index (χ2v) is 9.27. The Morgan fingerprint density at radius 2 is 2.00 bits per heavy atom. The Morgan fingerprint density at radius 1 is 1.22 bits per heavy atom. The summed E-state index contributed by atoms with van der Waals surface area (Å²) in [5.41, 5.74) is 1.36. The zero-order valence-corrected chi connectivity index (χ0v) is 19.3. The van der Waals surface area contributed by atoms with E-state index in [1.54, 1.807) is 7.11 Å². The molecule has 2 aromatic heterocycles. The summed E-state index contributed by atoms with van der Waals surface area (Å²) >= 11 is 8.07. The van der Waals surface area contributed by atoms with Crippen LogP contribution in [0.25, 0.3) is 20.8 Å². The highest BCUT2D eigenvalue weighted by Crippen LogP contribution is 2.39. The molecule has 9 nitrogen and oxygen atoms in total. The Hall–Kier alpha value is -2.08. The van der Waals surface area contributed by atoms with E-state index in [-0.39, 0.29) is 17.9 Å². The molecule has 32 heavy (non-hydrogen) atoms. The van der Waals surface area contributed by atoms with E-state index in [0.29, 0.717) is 35.3 Å². The Morgan fingerprint density at radius 3 is 2.69 bits per heavy atom. The van der Waals surface area contributed by atoms with Gasteiger partial charge in [0.1, 0.15) is 22.1 Å². The second-order valence-electron chi connectivity index (χ2n) is 7.89. The predicted molar refractivity (Wildman–Crippen MR) is 125 cm³/mol. The molecule has 5 atom stereocenters. The molecule has 1 aliphatic rings. The molecule has 172 valence electrons. The van der Waals surface area contributed by atoms with Gasteiger partial charge in [0.2, 0.25) is 5.95 Å². The highest BCUT2D eigenvalue weighted by Gasteiger charge is 2.41. The lowest BCUT2D eigenvalue weighted by Crippen LogP contribution is -2.35. The number of aromatic nitrogens is 3. The van der Waals surface area contributed by atoms with Crippen LogP contribution < -0.4 is 10.6 Å². The Balaban J connectivity index is 1.72. The predicted octanol–water partition coefficient (Wildman–Crippen LogP) is 2.37. The zero-order chi connectivity index (χ0) is 22.8. The normalized spacial score (nSPS) is 24.1. The third kappa shape index (κ3) is 4.66. The number of methoxy groups -OCH3 is 1. The molecule has 0 amide bonds. The van der Waals surface area contributed by atoms with Crippen molar-refractivity contribution in [2.75, 3.05) is 30.9 Å². The van der Waals surface area contributed by atoms with E-state index >= 15 is 0 Å². The molecule has 1 saturated carbocycles. The first-order valence-corrected chi connectivity index (χ1v) is 11.5. The van der Waals surface area contributed by atoms with Crippen LogP contribution in [0.15, 0.2) is 24.3 Å². The second kappa shape index (κ2) is 9.82. The molecule has 0 bridgehead atoms. The van der Waals surface area contributed by atoms with Crippen LogP contribution in [0.1, 0.15) is 13.3 Å². The zero-order valence-electron chi connectivity index (χ0n) is 17.7. The molecule has 11 heteroatoms. The van der Waals surface area contributed by atoms with Gasteiger partial charge in [0.25, 0.3) is 0 Å². The van der Waals surface area contributed by atoms with Crippen molar-refractivity contribution in [3.05, 3.63) is 29.4 Å². The van der Waals surface area contributed by atoms with Gasteiger partial charge in [0.05, 0.1) is 34.0 Å². The number of ether oxygens (including phenoxy) is 1. The van der Waals surface area contributed by atoms with Crippen molar-refractivity contribution < 1.29 is 20.1 Å². The maximum Gasteiger partial charge on any atom is 0.226 e. The number of thiazole rings is 1. The van der Waals surface area contributed by atoms with Crippen LogP contribution in [0.2, 0.25) is 5.15 Å². The van der Waals surface area contributed by atoms with Crippen LogP contribution in [0.4, 0.5) is 11.8 Å². The first-order chi connectivity index (χ1) is 15.4. The van der Waals surface area contributed by atoms with Gasteiger partial charge in [-0.15, -0.1) is 11.3 Å². The minimum absolute atomic E-state index is 0.0603. The number of benzene rings is 1. The van der Waals surface area contributed by atoms with Crippen LogP contribution in [0.5, 0.6) is 0 Å². The van der Waals surface area contributed by atoms with Crippen molar-refractivity contribution in [3.63, 3.8) is 0 Å². The average Bonchev–Trinajstić information content (AvgIpc) is 3.33. The van der Waals surface area contributed by atoms with E-state index in [0.717, 1.165) is 10.2 Å². The monoisotopic (exact) mass is 479 g/mol. The van der Waals surface area contributed by atoms with E-state index in [9.17, 15) is 15.3 Å². The molecule has 1 fully saturated rings. The Bertz CT molecular complexity index is 1050. The molecule has 4 rings (SSSR count). The van der Waals surface area contributed by atoms with E-state index < -0.39 is 24.2 Å². The summed E-state index contributed by atoms with van der Waals surface area (Å²) in [5, 5.41) is 37.4. The number of anilines is 2. The number of aliphatic hydroxyl groups is 3. The summed E-state index contributed by atoms with van der Waals surface area (Å²) in [7, 11) is 1.62. The van der Waals surface area contributed by atoms with Crippen molar-refractivity contribution in [2.24, 2.45) is 5.92 Å². The highest BCUT2D eigenvalue weighted by atomic mass is 35.5. The van der Waals surface area contributed by atoms with Crippen molar-refractivity contribution in [1.82, 2.24) is 15.0 Å². The minimum atomic E-state index is -1.06. The van der Waals surface area contributed by atoms with E-state index in [1.807, 2.05) is 31.2 Å². The number of fused-ring (bicyclic) bond motifs is 1. The smallest absolute Gasteiger partial charge is 0.226 e. The number of rotatable bonds is 8. The van der Waals surface area contributed by atoms with Gasteiger partial charge < -0.3 is 30.7 Å². The standard InChI is InChI=1S/C21H26ClN5O4S/c1-10(31-2)8-23-21-26-18(22)15(20-25-12-5-3-4-6-14(12)32-20)19(27-21)24-13-7-11(9-28)16(29)17(13)30/h3-6,10-11,13,16-17,28-30H,7-9H2,1-2H3,(H2,23,24,26,27)/t10-,11+,13+,16+,17-/m0/s1. The number of para-hydroxylation sites is 1. The van der Waals surface area contributed by atoms with E-state index in [2.05, 4.69) is 25.6 Å². The maximum atomic E-state index is 10.5. The number of hydrogen-bond acceptors (Lipinski definition) is 10.